The van der Waals surface area contributed by atoms with Crippen molar-refractivity contribution in [3.8, 4) is 11.1 Å². The summed E-state index contributed by atoms with van der Waals surface area (Å²) in [7, 11) is 0. The van der Waals surface area contributed by atoms with Crippen LogP contribution in [0.15, 0.2) is 30.6 Å². The summed E-state index contributed by atoms with van der Waals surface area (Å²) < 4.78 is 46.0. The van der Waals surface area contributed by atoms with E-state index < -0.39 is 11.7 Å². The van der Waals surface area contributed by atoms with Crippen molar-refractivity contribution in [3.05, 3.63) is 36.2 Å². The van der Waals surface area contributed by atoms with Crippen molar-refractivity contribution in [1.29, 1.82) is 0 Å². The van der Waals surface area contributed by atoms with Crippen molar-refractivity contribution >= 4 is 5.69 Å². The largest absolute Gasteiger partial charge is 0.418 e. The third kappa shape index (κ3) is 2.94. The van der Waals surface area contributed by atoms with Crippen LogP contribution in [-0.4, -0.2) is 16.4 Å². The van der Waals surface area contributed by atoms with E-state index in [1.807, 2.05) is 0 Å². The minimum atomic E-state index is -4.47. The monoisotopic (exact) mass is 311 g/mol. The van der Waals surface area contributed by atoms with E-state index in [9.17, 15) is 13.2 Å². The van der Waals surface area contributed by atoms with E-state index in [0.717, 1.165) is 25.3 Å². The van der Waals surface area contributed by atoms with Crippen LogP contribution >= 0.6 is 0 Å². The van der Waals surface area contributed by atoms with Crippen molar-refractivity contribution in [3.63, 3.8) is 0 Å². The van der Waals surface area contributed by atoms with Crippen LogP contribution in [0.5, 0.6) is 0 Å². The Morgan fingerprint density at radius 1 is 1.23 bits per heavy atom. The van der Waals surface area contributed by atoms with Crippen molar-refractivity contribution in [1.82, 2.24) is 9.78 Å². The predicted molar refractivity (Wildman–Crippen MR) is 75.9 cm³/mol. The molecule has 7 heteroatoms. The van der Waals surface area contributed by atoms with E-state index in [-0.39, 0.29) is 11.9 Å². The van der Waals surface area contributed by atoms with Crippen LogP contribution in [0.3, 0.4) is 0 Å². The number of halogens is 3. The van der Waals surface area contributed by atoms with Gasteiger partial charge in [0.1, 0.15) is 6.23 Å². The van der Waals surface area contributed by atoms with Gasteiger partial charge in [-0.15, -0.1) is 0 Å². The maximum absolute atomic E-state index is 12.9. The molecule has 1 atom stereocenters. The van der Waals surface area contributed by atoms with Crippen molar-refractivity contribution in [2.24, 2.45) is 0 Å². The van der Waals surface area contributed by atoms with Gasteiger partial charge in [0, 0.05) is 24.1 Å². The Bertz CT molecular complexity index is 660. The molecule has 0 radical (unpaired) electrons. The molecule has 0 saturated carbocycles. The molecular formula is C15H16F3N3O. The third-order valence-electron chi connectivity index (χ3n) is 3.74. The number of anilines is 1. The summed E-state index contributed by atoms with van der Waals surface area (Å²) in [6.07, 6.45) is 1.58. The number of hydrogen-bond donors (Lipinski definition) is 1. The van der Waals surface area contributed by atoms with E-state index >= 15 is 0 Å². The molecule has 1 aromatic carbocycles. The van der Waals surface area contributed by atoms with Gasteiger partial charge >= 0.3 is 6.18 Å². The first-order chi connectivity index (χ1) is 10.4. The molecule has 1 saturated heterocycles. The third-order valence-corrected chi connectivity index (χ3v) is 3.74. The summed E-state index contributed by atoms with van der Waals surface area (Å²) in [6, 6.07) is 3.89. The zero-order valence-corrected chi connectivity index (χ0v) is 11.8. The fourth-order valence-corrected chi connectivity index (χ4v) is 2.56. The molecule has 118 valence electrons. The highest BCUT2D eigenvalue weighted by atomic mass is 19.4. The fourth-order valence-electron chi connectivity index (χ4n) is 2.56. The number of alkyl halides is 3. The van der Waals surface area contributed by atoms with Gasteiger partial charge in [0.25, 0.3) is 0 Å². The van der Waals surface area contributed by atoms with Crippen LogP contribution in [0.2, 0.25) is 0 Å². The van der Waals surface area contributed by atoms with E-state index in [4.69, 9.17) is 10.5 Å². The Kier molecular flexibility index (Phi) is 3.82. The lowest BCUT2D eigenvalue weighted by molar-refractivity contribution is -0.136. The van der Waals surface area contributed by atoms with Crippen LogP contribution in [0.1, 0.15) is 31.1 Å². The Balaban J connectivity index is 1.90. The number of nitrogens with two attached hydrogens (primary N) is 1. The number of aromatic nitrogens is 2. The molecule has 4 nitrogen and oxygen atoms in total. The number of benzene rings is 1. The minimum absolute atomic E-state index is 0.140. The first kappa shape index (κ1) is 14.9. The van der Waals surface area contributed by atoms with Crippen molar-refractivity contribution in [2.45, 2.75) is 31.7 Å². The van der Waals surface area contributed by atoms with Gasteiger partial charge in [-0.05, 0) is 37.0 Å². The first-order valence-electron chi connectivity index (χ1n) is 7.08. The Morgan fingerprint density at radius 2 is 2.05 bits per heavy atom. The van der Waals surface area contributed by atoms with Gasteiger partial charge in [0.2, 0.25) is 0 Å². The van der Waals surface area contributed by atoms with Crippen molar-refractivity contribution < 1.29 is 17.9 Å². The molecular weight excluding hydrogens is 295 g/mol. The summed E-state index contributed by atoms with van der Waals surface area (Å²) in [5.41, 5.74) is 5.35. The van der Waals surface area contributed by atoms with Crippen LogP contribution in [0.25, 0.3) is 11.1 Å². The second kappa shape index (κ2) is 5.64. The topological polar surface area (TPSA) is 53.1 Å². The predicted octanol–water partition coefficient (Wildman–Crippen LogP) is 3.85. The summed E-state index contributed by atoms with van der Waals surface area (Å²) in [4.78, 5) is 0. The second-order valence-corrected chi connectivity index (χ2v) is 5.33. The minimum Gasteiger partial charge on any atom is -0.398 e. The molecule has 1 unspecified atom stereocenters. The maximum atomic E-state index is 12.9. The van der Waals surface area contributed by atoms with Crippen LogP contribution in [0.4, 0.5) is 18.9 Å². The summed E-state index contributed by atoms with van der Waals surface area (Å²) in [5.74, 6) is 0. The zero-order valence-electron chi connectivity index (χ0n) is 11.8. The standard InChI is InChI=1S/C15H16F3N3O/c16-15(17,18)12-7-10(4-5-13(12)19)11-8-20-21(9-11)14-3-1-2-6-22-14/h4-5,7-9,14H,1-3,6,19H2. The first-order valence-corrected chi connectivity index (χ1v) is 7.08. The summed E-state index contributed by atoms with van der Waals surface area (Å²) in [6.45, 7) is 0.681. The van der Waals surface area contributed by atoms with E-state index in [1.54, 1.807) is 23.1 Å². The van der Waals surface area contributed by atoms with E-state index in [1.165, 1.54) is 6.07 Å². The molecule has 1 fully saturated rings. The molecule has 1 aromatic heterocycles. The molecule has 2 N–H and O–H groups in total. The summed E-state index contributed by atoms with van der Waals surface area (Å²) >= 11 is 0. The number of nitrogens with zero attached hydrogens (tertiary/aromatic N) is 2. The lowest BCUT2D eigenvalue weighted by Crippen LogP contribution is -2.18. The maximum Gasteiger partial charge on any atom is 0.418 e. The SMILES string of the molecule is Nc1ccc(-c2cnn(C3CCCCO3)c2)cc1C(F)(F)F. The van der Waals surface area contributed by atoms with Gasteiger partial charge in [-0.1, -0.05) is 6.07 Å². The van der Waals surface area contributed by atoms with Crippen LogP contribution in [-0.2, 0) is 10.9 Å². The Morgan fingerprint density at radius 3 is 2.73 bits per heavy atom. The molecule has 1 aliphatic rings. The lowest BCUT2D eigenvalue weighted by Gasteiger charge is -2.22. The molecule has 0 aliphatic carbocycles. The quantitative estimate of drug-likeness (QED) is 0.857. The molecule has 2 aromatic rings. The van der Waals surface area contributed by atoms with Crippen LogP contribution < -0.4 is 5.73 Å². The van der Waals surface area contributed by atoms with Gasteiger partial charge < -0.3 is 10.5 Å². The van der Waals surface area contributed by atoms with Crippen molar-refractivity contribution in [2.75, 3.05) is 12.3 Å². The van der Waals surface area contributed by atoms with Gasteiger partial charge in [-0.3, -0.25) is 0 Å². The van der Waals surface area contributed by atoms with Gasteiger partial charge in [-0.25, -0.2) is 4.68 Å². The van der Waals surface area contributed by atoms with Crippen LogP contribution in [0, 0.1) is 0 Å². The Labute approximate surface area is 125 Å². The normalized spacial score (nSPS) is 19.3. The highest BCUT2D eigenvalue weighted by Crippen LogP contribution is 2.36. The summed E-state index contributed by atoms with van der Waals surface area (Å²) in [5, 5.41) is 4.21. The van der Waals surface area contributed by atoms with Gasteiger partial charge in [-0.2, -0.15) is 18.3 Å². The average Bonchev–Trinajstić information content (AvgIpc) is 2.97. The molecule has 0 spiro atoms. The molecule has 2 heterocycles. The van der Waals surface area contributed by atoms with Gasteiger partial charge in [0.15, 0.2) is 0 Å². The smallest absolute Gasteiger partial charge is 0.398 e. The van der Waals surface area contributed by atoms with E-state index in [2.05, 4.69) is 5.10 Å². The number of rotatable bonds is 2. The molecule has 3 rings (SSSR count). The highest BCUT2D eigenvalue weighted by Gasteiger charge is 2.33. The lowest BCUT2D eigenvalue weighted by atomic mass is 10.0. The number of ether oxygens (including phenoxy) is 1. The number of nitrogen functional groups attached to an aromatic ring is 1. The van der Waals surface area contributed by atoms with Gasteiger partial charge in [0.05, 0.1) is 11.8 Å². The Hall–Kier alpha value is -2.02. The fraction of sp³-hybridized carbons (Fsp3) is 0.400. The number of hydrogen-bond acceptors (Lipinski definition) is 3. The van der Waals surface area contributed by atoms with E-state index in [0.29, 0.717) is 17.7 Å². The molecule has 1 aliphatic heterocycles. The zero-order chi connectivity index (χ0) is 15.7. The molecule has 0 amide bonds. The highest BCUT2D eigenvalue weighted by molar-refractivity contribution is 5.67. The average molecular weight is 311 g/mol. The molecule has 22 heavy (non-hydrogen) atoms. The second-order valence-electron chi connectivity index (χ2n) is 5.33. The molecule has 0 bridgehead atoms.